The third-order valence-electron chi connectivity index (χ3n) is 7.99. The smallest absolute Gasteiger partial charge is 0.247 e. The molecule has 2 heterocycles. The molecule has 0 bridgehead atoms. The van der Waals surface area contributed by atoms with Crippen LogP contribution < -0.4 is 15.8 Å². The maximum atomic E-state index is 13.5. The van der Waals surface area contributed by atoms with Gasteiger partial charge in [-0.15, -0.1) is 0 Å². The highest BCUT2D eigenvalue weighted by molar-refractivity contribution is 6.31. The van der Waals surface area contributed by atoms with Gasteiger partial charge in [0.1, 0.15) is 73.8 Å². The predicted octanol–water partition coefficient (Wildman–Crippen LogP) is 0.205. The van der Waals surface area contributed by atoms with Gasteiger partial charge in [-0.2, -0.15) is 0 Å². The molecular weight excluding hydrogens is 633 g/mol. The van der Waals surface area contributed by atoms with Gasteiger partial charge in [-0.3, -0.25) is 4.79 Å². The summed E-state index contributed by atoms with van der Waals surface area (Å²) in [6, 6.07) is 7.16. The molecule has 3 aliphatic rings. The Labute approximate surface area is 267 Å². The first kappa shape index (κ1) is 34.0. The zero-order valence-corrected chi connectivity index (χ0v) is 25.5. The minimum Gasteiger partial charge on any atom is -0.460 e. The maximum absolute atomic E-state index is 13.5. The van der Waals surface area contributed by atoms with Crippen LogP contribution in [0, 0.1) is 5.82 Å². The Kier molecular flexibility index (Phi) is 10.5. The number of anilines is 1. The third-order valence-corrected chi connectivity index (χ3v) is 8.36. The van der Waals surface area contributed by atoms with Crippen molar-refractivity contribution in [1.82, 2.24) is 5.32 Å². The number of benzene rings is 2. The number of carbonyl (C=O) groups excluding carboxylic acids is 1. The first-order chi connectivity index (χ1) is 21.8. The van der Waals surface area contributed by atoms with Crippen molar-refractivity contribution in [3.63, 3.8) is 0 Å². The largest absolute Gasteiger partial charge is 0.460 e. The second-order valence-corrected chi connectivity index (χ2v) is 11.6. The number of amides is 1. The first-order valence-corrected chi connectivity index (χ1v) is 14.7. The van der Waals surface area contributed by atoms with Crippen molar-refractivity contribution in [1.29, 1.82) is 0 Å². The SMILES string of the molecule is C/C(=C\c1ccc(O[C@@H]2O[C@H](/C(C)=N/OCc3cc(F)ccc3Cl)[C@@H](O)[C@@H]2O)c(N)c1)C(=O)N[C@@H]1[C@H](O)[C@@H](O)[C@H]2OCO[C@H]2[C@@H]1O. The van der Waals surface area contributed by atoms with E-state index in [0.29, 0.717) is 16.1 Å². The molecule has 2 aromatic carbocycles. The van der Waals surface area contributed by atoms with Crippen LogP contribution in [0.1, 0.15) is 25.0 Å². The summed E-state index contributed by atoms with van der Waals surface area (Å²) in [5.41, 5.74) is 7.54. The number of nitrogen functional groups attached to an aromatic ring is 1. The van der Waals surface area contributed by atoms with Crippen molar-refractivity contribution < 1.29 is 58.5 Å². The van der Waals surface area contributed by atoms with E-state index in [4.69, 9.17) is 41.1 Å². The highest BCUT2D eigenvalue weighted by atomic mass is 35.5. The van der Waals surface area contributed by atoms with E-state index in [1.807, 2.05) is 0 Å². The summed E-state index contributed by atoms with van der Waals surface area (Å²) in [6.07, 6.45) is -9.79. The summed E-state index contributed by atoms with van der Waals surface area (Å²) >= 11 is 6.03. The third kappa shape index (κ3) is 7.12. The van der Waals surface area contributed by atoms with Gasteiger partial charge in [-0.1, -0.05) is 22.8 Å². The monoisotopic (exact) mass is 667 g/mol. The molecule has 5 rings (SSSR count). The molecule has 0 spiro atoms. The number of nitrogens with two attached hydrogens (primary N) is 1. The minimum absolute atomic E-state index is 0.124. The standard InChI is InChI=1S/C30H35ClFN3O11/c1-12(29(41)34-20-21(36)23(38)28-27(22(20)37)42-11-43-28)7-14-3-6-19(18(33)8-14)45-30-25(40)24(39)26(46-30)13(2)35-44-10-15-9-16(32)4-5-17(15)31/h3-9,20-28,30,36-40H,10-11,33H2,1-2H3,(H,34,41)/b12-7+,35-13+/t20-,21+,22-,23-,24+,25+,26-,27+,28-,30-/m1/s1. The Hall–Kier alpha value is -3.38. The summed E-state index contributed by atoms with van der Waals surface area (Å²) in [6.45, 7) is 2.73. The van der Waals surface area contributed by atoms with E-state index < -0.39 is 72.9 Å². The van der Waals surface area contributed by atoms with Gasteiger partial charge >= 0.3 is 0 Å². The number of carbonyl (C=O) groups is 1. The predicted molar refractivity (Wildman–Crippen MR) is 160 cm³/mol. The molecule has 3 fully saturated rings. The Morgan fingerprint density at radius 2 is 1.76 bits per heavy atom. The number of halogens is 2. The van der Waals surface area contributed by atoms with Gasteiger partial charge in [0.25, 0.3) is 0 Å². The van der Waals surface area contributed by atoms with Crippen LogP contribution in [0.3, 0.4) is 0 Å². The fourth-order valence-corrected chi connectivity index (χ4v) is 5.60. The fraction of sp³-hybridized carbons (Fsp3) is 0.467. The van der Waals surface area contributed by atoms with E-state index in [1.165, 1.54) is 50.3 Å². The number of ether oxygens (including phenoxy) is 4. The topological polar surface area (TPSA) is 215 Å². The van der Waals surface area contributed by atoms with Crippen LogP contribution in [0.25, 0.3) is 6.08 Å². The second-order valence-electron chi connectivity index (χ2n) is 11.2. The lowest BCUT2D eigenvalue weighted by Crippen LogP contribution is -2.67. The lowest BCUT2D eigenvalue weighted by molar-refractivity contribution is -0.155. The molecule has 8 N–H and O–H groups in total. The number of aliphatic hydroxyl groups excluding tert-OH is 5. The Morgan fingerprint density at radius 3 is 2.48 bits per heavy atom. The molecule has 14 nitrogen and oxygen atoms in total. The van der Waals surface area contributed by atoms with Gasteiger partial charge < -0.3 is 60.4 Å². The van der Waals surface area contributed by atoms with Crippen molar-refractivity contribution in [3.05, 3.63) is 63.9 Å². The van der Waals surface area contributed by atoms with Crippen LogP contribution in [-0.4, -0.2) is 105 Å². The normalized spacial score (nSPS) is 33.1. The molecule has 0 radical (unpaired) electrons. The number of fused-ring (bicyclic) bond motifs is 1. The zero-order chi connectivity index (χ0) is 33.3. The van der Waals surface area contributed by atoms with Crippen molar-refractivity contribution >= 4 is 35.0 Å². The summed E-state index contributed by atoms with van der Waals surface area (Å²) in [4.78, 5) is 18.1. The lowest BCUT2D eigenvalue weighted by Gasteiger charge is -2.41. The molecule has 0 aromatic heterocycles. The van der Waals surface area contributed by atoms with Crippen LogP contribution in [-0.2, 0) is 30.4 Å². The molecule has 16 heteroatoms. The number of oxime groups is 1. The summed E-state index contributed by atoms with van der Waals surface area (Å²) in [5.74, 6) is -0.982. The molecule has 1 aliphatic carbocycles. The molecule has 2 aliphatic heterocycles. The van der Waals surface area contributed by atoms with Crippen molar-refractivity contribution in [2.45, 2.75) is 81.6 Å². The van der Waals surface area contributed by atoms with Crippen LogP contribution in [0.2, 0.25) is 5.02 Å². The van der Waals surface area contributed by atoms with Gasteiger partial charge in [0, 0.05) is 16.2 Å². The average Bonchev–Trinajstić information content (AvgIpc) is 3.62. The molecule has 10 atom stereocenters. The average molecular weight is 668 g/mol. The van der Waals surface area contributed by atoms with E-state index >= 15 is 0 Å². The first-order valence-electron chi connectivity index (χ1n) is 14.3. The molecule has 2 saturated heterocycles. The molecule has 1 saturated carbocycles. The Morgan fingerprint density at radius 1 is 1.04 bits per heavy atom. The quantitative estimate of drug-likeness (QED) is 0.0827. The number of aliphatic hydroxyl groups is 5. The second kappa shape index (κ2) is 14.2. The van der Waals surface area contributed by atoms with Gasteiger partial charge in [0.05, 0.1) is 17.4 Å². The molecule has 250 valence electrons. The number of hydrogen-bond acceptors (Lipinski definition) is 13. The lowest BCUT2D eigenvalue weighted by atomic mass is 9.83. The number of nitrogens with one attached hydrogen (secondary N) is 1. The van der Waals surface area contributed by atoms with Gasteiger partial charge in [0.2, 0.25) is 12.2 Å². The van der Waals surface area contributed by atoms with Crippen molar-refractivity contribution in [2.75, 3.05) is 12.5 Å². The van der Waals surface area contributed by atoms with E-state index in [-0.39, 0.29) is 36.1 Å². The van der Waals surface area contributed by atoms with Gasteiger partial charge in [-0.05, 0) is 55.8 Å². The van der Waals surface area contributed by atoms with Crippen LogP contribution in [0.4, 0.5) is 10.1 Å². The van der Waals surface area contributed by atoms with E-state index in [9.17, 15) is 34.7 Å². The van der Waals surface area contributed by atoms with E-state index in [0.717, 1.165) is 0 Å². The number of hydrogen-bond donors (Lipinski definition) is 7. The van der Waals surface area contributed by atoms with E-state index in [1.54, 1.807) is 6.07 Å². The summed E-state index contributed by atoms with van der Waals surface area (Å²) < 4.78 is 35.4. The van der Waals surface area contributed by atoms with Crippen molar-refractivity contribution in [3.8, 4) is 5.75 Å². The van der Waals surface area contributed by atoms with Gasteiger partial charge in [0.15, 0.2) is 0 Å². The fourth-order valence-electron chi connectivity index (χ4n) is 5.42. The van der Waals surface area contributed by atoms with Gasteiger partial charge in [-0.25, -0.2) is 4.39 Å². The Balaban J connectivity index is 1.18. The minimum atomic E-state index is -1.49. The van der Waals surface area contributed by atoms with Crippen LogP contribution in [0.5, 0.6) is 5.75 Å². The maximum Gasteiger partial charge on any atom is 0.247 e. The zero-order valence-electron chi connectivity index (χ0n) is 24.7. The highest BCUT2D eigenvalue weighted by Crippen LogP contribution is 2.32. The molecular formula is C30H35ClFN3O11. The molecule has 46 heavy (non-hydrogen) atoms. The molecule has 1 amide bonds. The van der Waals surface area contributed by atoms with Crippen molar-refractivity contribution in [2.24, 2.45) is 5.16 Å². The highest BCUT2D eigenvalue weighted by Gasteiger charge is 2.53. The van der Waals surface area contributed by atoms with Crippen LogP contribution in [0.15, 0.2) is 47.1 Å². The molecule has 2 aromatic rings. The summed E-state index contributed by atoms with van der Waals surface area (Å²) in [7, 11) is 0. The molecule has 0 unspecified atom stereocenters. The Bertz CT molecular complexity index is 1500. The number of nitrogens with zero attached hydrogens (tertiary/aromatic N) is 1. The van der Waals surface area contributed by atoms with E-state index in [2.05, 4.69) is 10.5 Å². The summed E-state index contributed by atoms with van der Waals surface area (Å²) in [5, 5.41) is 59.2. The van der Waals surface area contributed by atoms with Crippen LogP contribution >= 0.6 is 11.6 Å². The number of rotatable bonds is 9.